The van der Waals surface area contributed by atoms with Gasteiger partial charge in [0.15, 0.2) is 0 Å². The predicted molar refractivity (Wildman–Crippen MR) is 99.9 cm³/mol. The van der Waals surface area contributed by atoms with E-state index < -0.39 is 6.09 Å². The Hall–Kier alpha value is -1.59. The number of benzene rings is 1. The Morgan fingerprint density at radius 3 is 2.24 bits per heavy atom. The smallest absolute Gasteiger partial charge is 0.407 e. The molecule has 2 rings (SSSR count). The van der Waals surface area contributed by atoms with E-state index in [2.05, 4.69) is 29.2 Å². The standard InChI is InChI=1S/C20H32N2O3/c1-20(2,3)22(19(23)24)14-9-16-5-7-17(8-6-16)15-21-12-10-18(25-4)11-13-21/h5-8,18H,9-15H2,1-4H3,(H,23,24). The van der Waals surface area contributed by atoms with E-state index in [-0.39, 0.29) is 5.54 Å². The zero-order chi connectivity index (χ0) is 18.4. The molecule has 1 N–H and O–H groups in total. The van der Waals surface area contributed by atoms with Crippen molar-refractivity contribution in [2.45, 2.75) is 58.2 Å². The Kier molecular flexibility index (Phi) is 6.85. The van der Waals surface area contributed by atoms with Crippen LogP contribution < -0.4 is 0 Å². The number of methoxy groups -OCH3 is 1. The van der Waals surface area contributed by atoms with Crippen LogP contribution in [0.5, 0.6) is 0 Å². The zero-order valence-electron chi connectivity index (χ0n) is 16.0. The van der Waals surface area contributed by atoms with Gasteiger partial charge in [-0.05, 0) is 51.2 Å². The van der Waals surface area contributed by atoms with Crippen molar-refractivity contribution in [3.8, 4) is 0 Å². The van der Waals surface area contributed by atoms with Crippen LogP contribution in [0.3, 0.4) is 0 Å². The molecule has 1 aromatic rings. The maximum Gasteiger partial charge on any atom is 0.407 e. The summed E-state index contributed by atoms with van der Waals surface area (Å²) in [5, 5.41) is 9.36. The molecule has 1 heterocycles. The van der Waals surface area contributed by atoms with Crippen LogP contribution in [0, 0.1) is 0 Å². The van der Waals surface area contributed by atoms with Gasteiger partial charge in [0.2, 0.25) is 0 Å². The number of carbonyl (C=O) groups is 1. The Bertz CT molecular complexity index is 543. The molecule has 0 aromatic heterocycles. The molecule has 25 heavy (non-hydrogen) atoms. The summed E-state index contributed by atoms with van der Waals surface area (Å²) in [6, 6.07) is 8.58. The third-order valence-electron chi connectivity index (χ3n) is 4.96. The zero-order valence-corrected chi connectivity index (χ0v) is 16.0. The average molecular weight is 348 g/mol. The SMILES string of the molecule is COC1CCN(Cc2ccc(CCN(C(=O)O)C(C)(C)C)cc2)CC1. The van der Waals surface area contributed by atoms with E-state index in [4.69, 9.17) is 4.74 Å². The summed E-state index contributed by atoms with van der Waals surface area (Å²) in [5.74, 6) is 0. The largest absolute Gasteiger partial charge is 0.465 e. The number of nitrogens with zero attached hydrogens (tertiary/aromatic N) is 2. The first kappa shape index (κ1) is 19.7. The summed E-state index contributed by atoms with van der Waals surface area (Å²) < 4.78 is 5.42. The number of hydrogen-bond donors (Lipinski definition) is 1. The van der Waals surface area contributed by atoms with Gasteiger partial charge in [-0.1, -0.05) is 24.3 Å². The normalized spacial score (nSPS) is 16.8. The van der Waals surface area contributed by atoms with E-state index in [0.29, 0.717) is 12.6 Å². The predicted octanol–water partition coefficient (Wildman–Crippen LogP) is 3.62. The molecule has 0 radical (unpaired) electrons. The van der Waals surface area contributed by atoms with Crippen molar-refractivity contribution in [1.29, 1.82) is 0 Å². The lowest BCUT2D eigenvalue weighted by Crippen LogP contribution is -2.45. The van der Waals surface area contributed by atoms with Crippen molar-refractivity contribution < 1.29 is 14.6 Å². The third kappa shape index (κ3) is 6.01. The van der Waals surface area contributed by atoms with Crippen molar-refractivity contribution in [3.05, 3.63) is 35.4 Å². The van der Waals surface area contributed by atoms with Gasteiger partial charge in [-0.25, -0.2) is 4.79 Å². The van der Waals surface area contributed by atoms with E-state index >= 15 is 0 Å². The average Bonchev–Trinajstić information content (AvgIpc) is 2.56. The molecule has 1 aromatic carbocycles. The molecule has 1 amide bonds. The van der Waals surface area contributed by atoms with Gasteiger partial charge in [0.25, 0.3) is 0 Å². The van der Waals surface area contributed by atoms with Gasteiger partial charge in [0.05, 0.1) is 6.10 Å². The van der Waals surface area contributed by atoms with Crippen molar-refractivity contribution in [3.63, 3.8) is 0 Å². The maximum atomic E-state index is 11.4. The molecule has 1 saturated heterocycles. The summed E-state index contributed by atoms with van der Waals surface area (Å²) >= 11 is 0. The van der Waals surface area contributed by atoms with Crippen LogP contribution in [-0.2, 0) is 17.7 Å². The maximum absolute atomic E-state index is 11.4. The van der Waals surface area contributed by atoms with Gasteiger partial charge < -0.3 is 14.7 Å². The molecule has 0 saturated carbocycles. The number of ether oxygens (including phenoxy) is 1. The van der Waals surface area contributed by atoms with Crippen LogP contribution in [0.1, 0.15) is 44.7 Å². The monoisotopic (exact) mass is 348 g/mol. The van der Waals surface area contributed by atoms with Gasteiger partial charge in [0, 0.05) is 38.8 Å². The van der Waals surface area contributed by atoms with E-state index in [9.17, 15) is 9.90 Å². The van der Waals surface area contributed by atoms with E-state index in [1.807, 2.05) is 20.8 Å². The van der Waals surface area contributed by atoms with Crippen molar-refractivity contribution in [2.24, 2.45) is 0 Å². The Labute approximate surface area is 151 Å². The molecule has 0 unspecified atom stereocenters. The lowest BCUT2D eigenvalue weighted by atomic mass is 10.0. The first-order chi connectivity index (χ1) is 11.8. The molecule has 1 aliphatic heterocycles. The second-order valence-corrected chi connectivity index (χ2v) is 7.88. The molecule has 140 valence electrons. The van der Waals surface area contributed by atoms with E-state index in [0.717, 1.165) is 38.9 Å². The lowest BCUT2D eigenvalue weighted by Gasteiger charge is -2.33. The molecule has 5 nitrogen and oxygen atoms in total. The number of amides is 1. The summed E-state index contributed by atoms with van der Waals surface area (Å²) in [7, 11) is 1.80. The quantitative estimate of drug-likeness (QED) is 0.853. The van der Waals surface area contributed by atoms with Gasteiger partial charge in [-0.15, -0.1) is 0 Å². The fourth-order valence-electron chi connectivity index (χ4n) is 3.33. The van der Waals surface area contributed by atoms with Crippen LogP contribution in [0.4, 0.5) is 4.79 Å². The lowest BCUT2D eigenvalue weighted by molar-refractivity contribution is 0.0388. The van der Waals surface area contributed by atoms with Crippen LogP contribution in [-0.4, -0.2) is 59.4 Å². The molecule has 5 heteroatoms. The van der Waals surface area contributed by atoms with Gasteiger partial charge in [0.1, 0.15) is 0 Å². The van der Waals surface area contributed by atoms with Crippen molar-refractivity contribution in [1.82, 2.24) is 9.80 Å². The van der Waals surface area contributed by atoms with Crippen LogP contribution in [0.15, 0.2) is 24.3 Å². The van der Waals surface area contributed by atoms with Gasteiger partial charge in [-0.3, -0.25) is 4.90 Å². The minimum atomic E-state index is -0.858. The molecule has 1 fully saturated rings. The first-order valence-electron chi connectivity index (χ1n) is 9.13. The van der Waals surface area contributed by atoms with Crippen LogP contribution in [0.2, 0.25) is 0 Å². The Morgan fingerprint density at radius 2 is 1.76 bits per heavy atom. The Morgan fingerprint density at radius 1 is 1.20 bits per heavy atom. The molecule has 1 aliphatic rings. The van der Waals surface area contributed by atoms with Crippen LogP contribution in [0.25, 0.3) is 0 Å². The summed E-state index contributed by atoms with van der Waals surface area (Å²) in [6.07, 6.45) is 2.50. The molecule has 0 bridgehead atoms. The molecule has 0 atom stereocenters. The highest BCUT2D eigenvalue weighted by Gasteiger charge is 2.25. The molecular formula is C20H32N2O3. The molecule has 0 spiro atoms. The number of likely N-dealkylation sites (tertiary alicyclic amines) is 1. The topological polar surface area (TPSA) is 53.0 Å². The minimum Gasteiger partial charge on any atom is -0.465 e. The van der Waals surface area contributed by atoms with Gasteiger partial charge >= 0.3 is 6.09 Å². The highest BCUT2D eigenvalue weighted by Crippen LogP contribution is 2.17. The highest BCUT2D eigenvalue weighted by atomic mass is 16.5. The minimum absolute atomic E-state index is 0.375. The van der Waals surface area contributed by atoms with Crippen molar-refractivity contribution in [2.75, 3.05) is 26.7 Å². The van der Waals surface area contributed by atoms with E-state index in [1.165, 1.54) is 16.0 Å². The summed E-state index contributed by atoms with van der Waals surface area (Å²) in [5.41, 5.74) is 2.11. The van der Waals surface area contributed by atoms with Gasteiger partial charge in [-0.2, -0.15) is 0 Å². The number of piperidine rings is 1. The molecule has 0 aliphatic carbocycles. The van der Waals surface area contributed by atoms with E-state index in [1.54, 1.807) is 7.11 Å². The summed E-state index contributed by atoms with van der Waals surface area (Å²) in [6.45, 7) is 9.44. The van der Waals surface area contributed by atoms with Crippen molar-refractivity contribution >= 4 is 6.09 Å². The molecular weight excluding hydrogens is 316 g/mol. The summed E-state index contributed by atoms with van der Waals surface area (Å²) in [4.78, 5) is 15.4. The van der Waals surface area contributed by atoms with Crippen LogP contribution >= 0.6 is 0 Å². The third-order valence-corrected chi connectivity index (χ3v) is 4.96. The Balaban J connectivity index is 1.84. The number of rotatable bonds is 6. The number of hydrogen-bond acceptors (Lipinski definition) is 3. The highest BCUT2D eigenvalue weighted by molar-refractivity contribution is 5.66. The second kappa shape index (κ2) is 8.68. The fourth-order valence-corrected chi connectivity index (χ4v) is 3.33. The second-order valence-electron chi connectivity index (χ2n) is 7.88. The fraction of sp³-hybridized carbons (Fsp3) is 0.650. The number of carboxylic acid groups (broad SMARTS) is 1. The first-order valence-corrected chi connectivity index (χ1v) is 9.13.